The first-order chi connectivity index (χ1) is 13.2. The Bertz CT molecular complexity index is 1010. The quantitative estimate of drug-likeness (QED) is 0.715. The zero-order valence-electron chi connectivity index (χ0n) is 15.0. The predicted octanol–water partition coefficient (Wildman–Crippen LogP) is 1.36. The molecule has 0 bridgehead atoms. The van der Waals surface area contributed by atoms with Crippen molar-refractivity contribution < 1.29 is 4.79 Å². The molecule has 1 aliphatic rings. The molecule has 1 aliphatic heterocycles. The van der Waals surface area contributed by atoms with Crippen molar-refractivity contribution in [1.82, 2.24) is 20.1 Å². The van der Waals surface area contributed by atoms with E-state index in [4.69, 9.17) is 0 Å². The molecule has 0 aliphatic carbocycles. The lowest BCUT2D eigenvalue weighted by Gasteiger charge is -2.31. The van der Waals surface area contributed by atoms with Crippen LogP contribution in [0.15, 0.2) is 53.6 Å². The largest absolute Gasteiger partial charge is 0.356 e. The Morgan fingerprint density at radius 3 is 2.70 bits per heavy atom. The third kappa shape index (κ3) is 3.81. The van der Waals surface area contributed by atoms with E-state index in [9.17, 15) is 9.59 Å². The van der Waals surface area contributed by atoms with E-state index < -0.39 is 0 Å². The van der Waals surface area contributed by atoms with Crippen LogP contribution in [0.2, 0.25) is 0 Å². The summed E-state index contributed by atoms with van der Waals surface area (Å²) in [6.45, 7) is 2.76. The van der Waals surface area contributed by atoms with Crippen LogP contribution in [-0.4, -0.2) is 40.3 Å². The summed E-state index contributed by atoms with van der Waals surface area (Å²) in [6, 6.07) is 11.3. The molecule has 138 valence electrons. The second-order valence-electron chi connectivity index (χ2n) is 6.65. The molecule has 1 N–H and O–H groups in total. The van der Waals surface area contributed by atoms with Crippen LogP contribution in [0.25, 0.3) is 10.9 Å². The fraction of sp³-hybridized carbons (Fsp3) is 0.300. The number of pyridine rings is 1. The molecule has 2 aromatic heterocycles. The van der Waals surface area contributed by atoms with Crippen LogP contribution in [0.1, 0.15) is 12.0 Å². The molecule has 1 saturated heterocycles. The van der Waals surface area contributed by atoms with Gasteiger partial charge >= 0.3 is 0 Å². The number of carbonyl (C=O) groups is 1. The fourth-order valence-corrected chi connectivity index (χ4v) is 3.12. The van der Waals surface area contributed by atoms with Crippen molar-refractivity contribution in [2.24, 2.45) is 0 Å². The highest BCUT2D eigenvalue weighted by Crippen LogP contribution is 2.17. The summed E-state index contributed by atoms with van der Waals surface area (Å²) >= 11 is 0. The van der Waals surface area contributed by atoms with Crippen LogP contribution in [0.5, 0.6) is 0 Å². The summed E-state index contributed by atoms with van der Waals surface area (Å²) in [7, 11) is 0. The molecule has 1 amide bonds. The summed E-state index contributed by atoms with van der Waals surface area (Å²) in [5.41, 5.74) is 1.61. The van der Waals surface area contributed by atoms with Gasteiger partial charge in [0.1, 0.15) is 12.4 Å². The van der Waals surface area contributed by atoms with E-state index in [1.54, 1.807) is 22.9 Å². The minimum atomic E-state index is -0.142. The molecule has 0 saturated carbocycles. The molecule has 3 heterocycles. The molecule has 7 heteroatoms. The van der Waals surface area contributed by atoms with Crippen LogP contribution in [-0.2, 0) is 17.8 Å². The van der Waals surface area contributed by atoms with E-state index >= 15 is 0 Å². The number of benzene rings is 1. The number of hydrogen-bond donors (Lipinski definition) is 1. The molecule has 4 rings (SSSR count). The third-order valence-corrected chi connectivity index (χ3v) is 4.78. The minimum Gasteiger partial charge on any atom is -0.356 e. The number of rotatable bonds is 6. The maximum Gasteiger partial charge on any atom is 0.241 e. The number of carbonyl (C=O) groups excluding carboxylic acids is 1. The van der Waals surface area contributed by atoms with Gasteiger partial charge in [0.05, 0.1) is 11.7 Å². The normalized spacial score (nSPS) is 13.4. The highest BCUT2D eigenvalue weighted by molar-refractivity contribution is 5.81. The number of para-hydroxylation sites is 1. The maximum absolute atomic E-state index is 12.2. The lowest BCUT2D eigenvalue weighted by Crippen LogP contribution is -2.37. The van der Waals surface area contributed by atoms with Crippen LogP contribution in [0, 0.1) is 0 Å². The first-order valence-corrected chi connectivity index (χ1v) is 9.12. The predicted molar refractivity (Wildman–Crippen MR) is 104 cm³/mol. The third-order valence-electron chi connectivity index (χ3n) is 4.78. The van der Waals surface area contributed by atoms with Gasteiger partial charge in [-0.1, -0.05) is 18.2 Å². The molecule has 7 nitrogen and oxygen atoms in total. The van der Waals surface area contributed by atoms with Crippen LogP contribution < -0.4 is 15.6 Å². The van der Waals surface area contributed by atoms with Crippen LogP contribution >= 0.6 is 0 Å². The van der Waals surface area contributed by atoms with Gasteiger partial charge in [0.2, 0.25) is 11.3 Å². The van der Waals surface area contributed by atoms with Gasteiger partial charge in [-0.25, -0.2) is 4.98 Å². The zero-order chi connectivity index (χ0) is 18.6. The summed E-state index contributed by atoms with van der Waals surface area (Å²) < 4.78 is 1.55. The fourth-order valence-electron chi connectivity index (χ4n) is 3.12. The Hall–Kier alpha value is -3.22. The molecule has 1 aromatic carbocycles. The number of nitrogens with zero attached hydrogens (tertiary/aromatic N) is 4. The lowest BCUT2D eigenvalue weighted by molar-refractivity contribution is -0.121. The number of hydrogen-bond acceptors (Lipinski definition) is 5. The Morgan fingerprint density at radius 1 is 1.11 bits per heavy atom. The number of nitrogens with one attached hydrogen (secondary N) is 1. The molecular weight excluding hydrogens is 342 g/mol. The van der Waals surface area contributed by atoms with E-state index in [0.717, 1.165) is 30.9 Å². The SMILES string of the molecule is O=C(Cn1ncc(=O)c2ccccc21)NCCc1ccc(N2CCC2)nc1. The van der Waals surface area contributed by atoms with E-state index in [1.807, 2.05) is 18.3 Å². The molecular formula is C20H21N5O2. The van der Waals surface area contributed by atoms with Crippen molar-refractivity contribution in [1.29, 1.82) is 0 Å². The standard InChI is InChI=1S/C20H21N5O2/c26-18-13-23-25(17-5-2-1-4-16(17)18)14-20(27)21-9-8-15-6-7-19(22-12-15)24-10-3-11-24/h1-2,4-7,12-13H,3,8-11,14H2,(H,21,27). The van der Waals surface area contributed by atoms with Gasteiger partial charge in [0.15, 0.2) is 0 Å². The van der Waals surface area contributed by atoms with E-state index in [0.29, 0.717) is 17.4 Å². The average molecular weight is 363 g/mol. The second kappa shape index (κ2) is 7.57. The van der Waals surface area contributed by atoms with Gasteiger partial charge in [0.25, 0.3) is 0 Å². The Labute approximate surface area is 156 Å². The van der Waals surface area contributed by atoms with Gasteiger partial charge in [-0.15, -0.1) is 0 Å². The number of anilines is 1. The van der Waals surface area contributed by atoms with E-state index in [-0.39, 0.29) is 17.9 Å². The summed E-state index contributed by atoms with van der Waals surface area (Å²) in [4.78, 5) is 30.8. The number of aromatic nitrogens is 3. The van der Waals surface area contributed by atoms with E-state index in [2.05, 4.69) is 26.4 Å². The van der Waals surface area contributed by atoms with Gasteiger partial charge in [-0.3, -0.25) is 14.3 Å². The van der Waals surface area contributed by atoms with Crippen molar-refractivity contribution in [2.75, 3.05) is 24.5 Å². The monoisotopic (exact) mass is 363 g/mol. The Kier molecular flexibility index (Phi) is 4.82. The first-order valence-electron chi connectivity index (χ1n) is 9.12. The minimum absolute atomic E-state index is 0.0763. The highest BCUT2D eigenvalue weighted by Gasteiger charge is 2.15. The lowest BCUT2D eigenvalue weighted by atomic mass is 10.2. The van der Waals surface area contributed by atoms with Crippen molar-refractivity contribution in [3.05, 3.63) is 64.6 Å². The van der Waals surface area contributed by atoms with Crippen molar-refractivity contribution >= 4 is 22.6 Å². The highest BCUT2D eigenvalue weighted by atomic mass is 16.2. The van der Waals surface area contributed by atoms with Crippen molar-refractivity contribution in [3.8, 4) is 0 Å². The molecule has 27 heavy (non-hydrogen) atoms. The molecule has 0 unspecified atom stereocenters. The Morgan fingerprint density at radius 2 is 1.96 bits per heavy atom. The van der Waals surface area contributed by atoms with Crippen LogP contribution in [0.3, 0.4) is 0 Å². The first kappa shape index (κ1) is 17.2. The zero-order valence-corrected chi connectivity index (χ0v) is 15.0. The number of amides is 1. The summed E-state index contributed by atoms with van der Waals surface area (Å²) in [5, 5.41) is 7.55. The average Bonchev–Trinajstić information content (AvgIpc) is 2.64. The second-order valence-corrected chi connectivity index (χ2v) is 6.65. The molecule has 1 fully saturated rings. The van der Waals surface area contributed by atoms with Crippen molar-refractivity contribution in [3.63, 3.8) is 0 Å². The van der Waals surface area contributed by atoms with Gasteiger partial charge in [-0.05, 0) is 36.6 Å². The Balaban J connectivity index is 1.32. The summed E-state index contributed by atoms with van der Waals surface area (Å²) in [6.07, 6.45) is 5.07. The van der Waals surface area contributed by atoms with Crippen molar-refractivity contribution in [2.45, 2.75) is 19.4 Å². The number of fused-ring (bicyclic) bond motifs is 1. The van der Waals surface area contributed by atoms with Crippen LogP contribution in [0.4, 0.5) is 5.82 Å². The van der Waals surface area contributed by atoms with E-state index in [1.165, 1.54) is 12.6 Å². The maximum atomic E-state index is 12.2. The molecule has 3 aromatic rings. The van der Waals surface area contributed by atoms with Gasteiger partial charge < -0.3 is 10.2 Å². The smallest absolute Gasteiger partial charge is 0.241 e. The molecule has 0 radical (unpaired) electrons. The van der Waals surface area contributed by atoms with Gasteiger partial charge in [0, 0.05) is 31.2 Å². The summed E-state index contributed by atoms with van der Waals surface area (Å²) in [5.74, 6) is 0.881. The van der Waals surface area contributed by atoms with Gasteiger partial charge in [-0.2, -0.15) is 5.10 Å². The molecule has 0 spiro atoms. The topological polar surface area (TPSA) is 80.1 Å². The molecule has 0 atom stereocenters.